The Kier molecular flexibility index (Phi) is 3.63. The fourth-order valence-electron chi connectivity index (χ4n) is 3.64. The highest BCUT2D eigenvalue weighted by Gasteiger charge is 2.27. The monoisotopic (exact) mass is 302 g/mol. The fourth-order valence-corrected chi connectivity index (χ4v) is 4.94. The Bertz CT molecular complexity index is 632. The molecule has 0 N–H and O–H groups in total. The van der Waals surface area contributed by atoms with Crippen LogP contribution in [0.5, 0.6) is 0 Å². The van der Waals surface area contributed by atoms with Crippen molar-refractivity contribution in [3.63, 3.8) is 0 Å². The zero-order chi connectivity index (χ0) is 14.2. The molecule has 0 saturated carbocycles. The van der Waals surface area contributed by atoms with Gasteiger partial charge in [0.25, 0.3) is 0 Å². The van der Waals surface area contributed by atoms with Crippen molar-refractivity contribution in [1.82, 2.24) is 19.4 Å². The zero-order valence-electron chi connectivity index (χ0n) is 12.5. The summed E-state index contributed by atoms with van der Waals surface area (Å²) in [5, 5.41) is 0.534. The maximum absolute atomic E-state index is 4.92. The minimum absolute atomic E-state index is 0.534. The van der Waals surface area contributed by atoms with Crippen molar-refractivity contribution in [2.45, 2.75) is 43.5 Å². The van der Waals surface area contributed by atoms with Crippen LogP contribution in [0.15, 0.2) is 18.3 Å². The number of nitrogens with zero attached hydrogens (tertiary/aromatic N) is 4. The minimum atomic E-state index is 0.534. The average Bonchev–Trinajstić information content (AvgIpc) is 3.19. The summed E-state index contributed by atoms with van der Waals surface area (Å²) in [5.41, 5.74) is 2.13. The molecule has 0 amide bonds. The molecule has 5 heteroatoms. The zero-order valence-corrected chi connectivity index (χ0v) is 13.4. The molecule has 4 heterocycles. The first-order valence-corrected chi connectivity index (χ1v) is 9.01. The first-order chi connectivity index (χ1) is 10.3. The van der Waals surface area contributed by atoms with E-state index in [9.17, 15) is 0 Å². The van der Waals surface area contributed by atoms with Crippen LogP contribution < -0.4 is 0 Å². The van der Waals surface area contributed by atoms with Crippen molar-refractivity contribution in [1.29, 1.82) is 0 Å². The molecule has 2 unspecified atom stereocenters. The maximum atomic E-state index is 4.92. The van der Waals surface area contributed by atoms with E-state index in [1.54, 1.807) is 0 Å². The SMILES string of the molecule is CN1CCCC1Cc1nc2cccnc2n1C1CCCS1. The highest BCUT2D eigenvalue weighted by Crippen LogP contribution is 2.38. The van der Waals surface area contributed by atoms with Crippen molar-refractivity contribution in [3.05, 3.63) is 24.2 Å². The molecule has 112 valence electrons. The Morgan fingerprint density at radius 2 is 2.29 bits per heavy atom. The molecular formula is C16H22N4S. The molecule has 0 radical (unpaired) electrons. The van der Waals surface area contributed by atoms with Gasteiger partial charge in [-0.15, -0.1) is 11.8 Å². The number of thioether (sulfide) groups is 1. The summed E-state index contributed by atoms with van der Waals surface area (Å²) < 4.78 is 2.43. The first-order valence-electron chi connectivity index (χ1n) is 7.96. The highest BCUT2D eigenvalue weighted by molar-refractivity contribution is 7.99. The standard InChI is InChI=1S/C16H22N4S/c1-19-9-3-5-12(19)11-14-18-13-6-2-8-17-16(13)20(14)15-7-4-10-21-15/h2,6,8,12,15H,3-5,7,9-11H2,1H3. The van der Waals surface area contributed by atoms with Gasteiger partial charge in [-0.3, -0.25) is 4.57 Å². The molecule has 2 saturated heterocycles. The Morgan fingerprint density at radius 1 is 1.33 bits per heavy atom. The van der Waals surface area contributed by atoms with Crippen molar-refractivity contribution in [2.24, 2.45) is 0 Å². The Balaban J connectivity index is 1.74. The fraction of sp³-hybridized carbons (Fsp3) is 0.625. The first kappa shape index (κ1) is 13.6. The predicted molar refractivity (Wildman–Crippen MR) is 87.6 cm³/mol. The van der Waals surface area contributed by atoms with Gasteiger partial charge in [0.2, 0.25) is 0 Å². The van der Waals surface area contributed by atoms with Crippen LogP contribution in [0.25, 0.3) is 11.2 Å². The van der Waals surface area contributed by atoms with Gasteiger partial charge in [-0.2, -0.15) is 0 Å². The van der Waals surface area contributed by atoms with Gasteiger partial charge in [-0.05, 0) is 57.2 Å². The summed E-state index contributed by atoms with van der Waals surface area (Å²) in [6.07, 6.45) is 8.13. The largest absolute Gasteiger partial charge is 0.303 e. The van der Waals surface area contributed by atoms with E-state index in [4.69, 9.17) is 4.98 Å². The van der Waals surface area contributed by atoms with E-state index in [1.807, 2.05) is 12.3 Å². The van der Waals surface area contributed by atoms with E-state index in [0.717, 1.165) is 17.6 Å². The van der Waals surface area contributed by atoms with Gasteiger partial charge in [-0.1, -0.05) is 0 Å². The lowest BCUT2D eigenvalue weighted by molar-refractivity contribution is 0.303. The van der Waals surface area contributed by atoms with Crippen molar-refractivity contribution in [2.75, 3.05) is 19.3 Å². The Morgan fingerprint density at radius 3 is 3.05 bits per heavy atom. The number of pyridine rings is 1. The lowest BCUT2D eigenvalue weighted by Crippen LogP contribution is -2.28. The van der Waals surface area contributed by atoms with Crippen molar-refractivity contribution in [3.8, 4) is 0 Å². The van der Waals surface area contributed by atoms with E-state index in [1.165, 1.54) is 43.8 Å². The third-order valence-corrected chi connectivity index (χ3v) is 6.16. The molecule has 2 aromatic rings. The van der Waals surface area contributed by atoms with E-state index < -0.39 is 0 Å². The summed E-state index contributed by atoms with van der Waals surface area (Å²) >= 11 is 2.06. The van der Waals surface area contributed by atoms with Crippen LogP contribution in [0.1, 0.15) is 36.9 Å². The quantitative estimate of drug-likeness (QED) is 0.872. The van der Waals surface area contributed by atoms with E-state index >= 15 is 0 Å². The molecule has 0 bridgehead atoms. The van der Waals surface area contributed by atoms with Crippen LogP contribution in [-0.2, 0) is 6.42 Å². The summed E-state index contributed by atoms with van der Waals surface area (Å²) in [6.45, 7) is 1.22. The smallest absolute Gasteiger partial charge is 0.160 e. The van der Waals surface area contributed by atoms with Crippen molar-refractivity contribution >= 4 is 22.9 Å². The summed E-state index contributed by atoms with van der Waals surface area (Å²) in [4.78, 5) is 12.0. The van der Waals surface area contributed by atoms with Gasteiger partial charge in [0.05, 0.1) is 5.37 Å². The number of imidazole rings is 1. The number of rotatable bonds is 3. The Labute approximate surface area is 129 Å². The molecule has 2 aliphatic rings. The van der Waals surface area contributed by atoms with E-state index in [0.29, 0.717) is 11.4 Å². The van der Waals surface area contributed by atoms with Crippen molar-refractivity contribution < 1.29 is 0 Å². The second-order valence-corrected chi connectivity index (χ2v) is 7.48. The maximum Gasteiger partial charge on any atom is 0.160 e. The van der Waals surface area contributed by atoms with Gasteiger partial charge in [-0.25, -0.2) is 9.97 Å². The normalized spacial score (nSPS) is 26.9. The van der Waals surface area contributed by atoms with E-state index in [2.05, 4.69) is 39.3 Å². The van der Waals surface area contributed by atoms with Crippen LogP contribution in [0, 0.1) is 0 Å². The van der Waals surface area contributed by atoms with Crippen LogP contribution in [0.4, 0.5) is 0 Å². The second kappa shape index (κ2) is 5.61. The molecule has 0 spiro atoms. The molecule has 0 aliphatic carbocycles. The molecule has 2 aromatic heterocycles. The molecule has 2 aliphatic heterocycles. The van der Waals surface area contributed by atoms with Crippen LogP contribution >= 0.6 is 11.8 Å². The highest BCUT2D eigenvalue weighted by atomic mass is 32.2. The lowest BCUT2D eigenvalue weighted by Gasteiger charge is -2.21. The van der Waals surface area contributed by atoms with Crippen LogP contribution in [-0.4, -0.2) is 44.8 Å². The minimum Gasteiger partial charge on any atom is -0.303 e. The van der Waals surface area contributed by atoms with Gasteiger partial charge < -0.3 is 4.90 Å². The number of hydrogen-bond donors (Lipinski definition) is 0. The topological polar surface area (TPSA) is 34.0 Å². The predicted octanol–water partition coefficient (Wildman–Crippen LogP) is 3.09. The lowest BCUT2D eigenvalue weighted by atomic mass is 10.1. The molecule has 0 aromatic carbocycles. The van der Waals surface area contributed by atoms with Gasteiger partial charge in [0.15, 0.2) is 5.65 Å². The molecule has 4 rings (SSSR count). The molecule has 2 fully saturated rings. The van der Waals surface area contributed by atoms with Gasteiger partial charge in [0, 0.05) is 18.7 Å². The van der Waals surface area contributed by atoms with E-state index in [-0.39, 0.29) is 0 Å². The number of aromatic nitrogens is 3. The third kappa shape index (κ3) is 2.46. The molecular weight excluding hydrogens is 280 g/mol. The van der Waals surface area contributed by atoms with Gasteiger partial charge >= 0.3 is 0 Å². The van der Waals surface area contributed by atoms with Gasteiger partial charge in [0.1, 0.15) is 11.3 Å². The van der Waals surface area contributed by atoms with Crippen LogP contribution in [0.2, 0.25) is 0 Å². The Hall–Kier alpha value is -1.07. The summed E-state index contributed by atoms with van der Waals surface area (Å²) in [6, 6.07) is 4.74. The molecule has 2 atom stereocenters. The summed E-state index contributed by atoms with van der Waals surface area (Å²) in [7, 11) is 2.24. The number of hydrogen-bond acceptors (Lipinski definition) is 4. The second-order valence-electron chi connectivity index (χ2n) is 6.19. The average molecular weight is 302 g/mol. The number of likely N-dealkylation sites (tertiary alicyclic amines) is 1. The number of likely N-dealkylation sites (N-methyl/N-ethyl adjacent to an activating group) is 1. The number of fused-ring (bicyclic) bond motifs is 1. The molecule has 21 heavy (non-hydrogen) atoms. The molecule has 4 nitrogen and oxygen atoms in total. The third-order valence-electron chi connectivity index (χ3n) is 4.81. The van der Waals surface area contributed by atoms with Crippen LogP contribution in [0.3, 0.4) is 0 Å². The summed E-state index contributed by atoms with van der Waals surface area (Å²) in [5.74, 6) is 2.50.